The first-order valence-corrected chi connectivity index (χ1v) is 6.35. The highest BCUT2D eigenvalue weighted by Gasteiger charge is 2.15. The molecule has 1 amide bonds. The van der Waals surface area contributed by atoms with Gasteiger partial charge in [0.15, 0.2) is 0 Å². The monoisotopic (exact) mass is 279 g/mol. The Bertz CT molecular complexity index is 571. The number of alkyl halides is 1. The van der Waals surface area contributed by atoms with Gasteiger partial charge in [-0.25, -0.2) is 0 Å². The second kappa shape index (κ2) is 6.45. The highest BCUT2D eigenvalue weighted by atomic mass is 35.5. The topological polar surface area (TPSA) is 64.1 Å². The van der Waals surface area contributed by atoms with Crippen molar-refractivity contribution in [3.63, 3.8) is 0 Å². The fraction of sp³-hybridized carbons (Fsp3) is 0.308. The zero-order valence-electron chi connectivity index (χ0n) is 10.5. The van der Waals surface area contributed by atoms with Gasteiger partial charge in [0.05, 0.1) is 23.7 Å². The second-order valence-electron chi connectivity index (χ2n) is 4.01. The molecule has 0 saturated carbocycles. The van der Waals surface area contributed by atoms with Gasteiger partial charge >= 0.3 is 0 Å². The van der Waals surface area contributed by atoms with Gasteiger partial charge in [-0.1, -0.05) is 6.07 Å². The molecule has 0 fully saturated rings. The molecule has 2 aromatic rings. The summed E-state index contributed by atoms with van der Waals surface area (Å²) in [6.07, 6.45) is 3.16. The van der Waals surface area contributed by atoms with E-state index < -0.39 is 0 Å². The molecule has 0 spiro atoms. The number of carbonyl (C=O) groups is 1. The van der Waals surface area contributed by atoms with E-state index in [0.717, 1.165) is 0 Å². The van der Waals surface area contributed by atoms with Crippen molar-refractivity contribution in [2.75, 3.05) is 19.6 Å². The van der Waals surface area contributed by atoms with Crippen LogP contribution in [0.2, 0.25) is 0 Å². The average molecular weight is 280 g/mol. The molecule has 1 N–H and O–H groups in total. The first-order chi connectivity index (χ1) is 9.26. The molecule has 1 aromatic carbocycles. The Morgan fingerprint density at radius 2 is 2.21 bits per heavy atom. The molecular formula is C13H14ClN3O2. The molecule has 1 aromatic heterocycles. The van der Waals surface area contributed by atoms with Crippen molar-refractivity contribution >= 4 is 28.5 Å². The lowest BCUT2D eigenvalue weighted by atomic mass is 10.1. The predicted molar refractivity (Wildman–Crippen MR) is 73.4 cm³/mol. The Morgan fingerprint density at radius 1 is 1.42 bits per heavy atom. The first-order valence-electron chi connectivity index (χ1n) is 5.81. The van der Waals surface area contributed by atoms with Crippen molar-refractivity contribution in [3.8, 4) is 0 Å². The van der Waals surface area contributed by atoms with Crippen molar-refractivity contribution in [1.82, 2.24) is 15.3 Å². The highest BCUT2D eigenvalue weighted by molar-refractivity contribution is 6.18. The predicted octanol–water partition coefficient (Wildman–Crippen LogP) is 1.61. The normalized spacial score (nSPS) is 12.3. The van der Waals surface area contributed by atoms with E-state index in [-0.39, 0.29) is 17.8 Å². The van der Waals surface area contributed by atoms with E-state index in [1.165, 1.54) is 0 Å². The van der Waals surface area contributed by atoms with E-state index in [2.05, 4.69) is 15.3 Å². The molecule has 0 saturated heterocycles. The number of para-hydroxylation sites is 1. The molecule has 19 heavy (non-hydrogen) atoms. The Kier molecular flexibility index (Phi) is 4.65. The van der Waals surface area contributed by atoms with E-state index in [0.29, 0.717) is 23.2 Å². The van der Waals surface area contributed by atoms with E-state index in [9.17, 15) is 4.79 Å². The maximum absolute atomic E-state index is 12.2. The van der Waals surface area contributed by atoms with Gasteiger partial charge in [0, 0.05) is 25.4 Å². The lowest BCUT2D eigenvalue weighted by Crippen LogP contribution is -2.39. The van der Waals surface area contributed by atoms with Crippen LogP contribution in [0.3, 0.4) is 0 Å². The molecule has 0 radical (unpaired) electrons. The summed E-state index contributed by atoms with van der Waals surface area (Å²) in [6, 6.07) is 5.07. The SMILES string of the molecule is COCC(CCl)NC(=O)c1cccc2nccnc12. The van der Waals surface area contributed by atoms with Gasteiger partial charge < -0.3 is 10.1 Å². The van der Waals surface area contributed by atoms with Gasteiger partial charge in [0.2, 0.25) is 0 Å². The van der Waals surface area contributed by atoms with Crippen molar-refractivity contribution in [1.29, 1.82) is 0 Å². The number of ether oxygens (including phenoxy) is 1. The quantitative estimate of drug-likeness (QED) is 0.845. The molecule has 2 rings (SSSR count). The van der Waals surface area contributed by atoms with E-state index >= 15 is 0 Å². The van der Waals surface area contributed by atoms with Crippen LogP contribution >= 0.6 is 11.6 Å². The number of benzene rings is 1. The largest absolute Gasteiger partial charge is 0.383 e. The standard InChI is InChI=1S/C13H14ClN3O2/c1-19-8-9(7-14)17-13(18)10-3-2-4-11-12(10)16-6-5-15-11/h2-6,9H,7-8H2,1H3,(H,17,18). The van der Waals surface area contributed by atoms with Crippen LogP contribution in [0.5, 0.6) is 0 Å². The van der Waals surface area contributed by atoms with Gasteiger partial charge in [-0.15, -0.1) is 11.6 Å². The van der Waals surface area contributed by atoms with Crippen molar-refractivity contribution < 1.29 is 9.53 Å². The Balaban J connectivity index is 2.26. The van der Waals surface area contributed by atoms with E-state index in [1.807, 2.05) is 6.07 Å². The van der Waals surface area contributed by atoms with Crippen LogP contribution in [-0.4, -0.2) is 41.5 Å². The highest BCUT2D eigenvalue weighted by Crippen LogP contribution is 2.13. The number of halogens is 1. The number of hydrogen-bond acceptors (Lipinski definition) is 4. The number of nitrogens with zero attached hydrogens (tertiary/aromatic N) is 2. The minimum atomic E-state index is -0.230. The zero-order valence-corrected chi connectivity index (χ0v) is 11.2. The van der Waals surface area contributed by atoms with Crippen LogP contribution in [0, 0.1) is 0 Å². The Labute approximate surface area is 116 Å². The molecule has 0 aliphatic carbocycles. The summed E-state index contributed by atoms with van der Waals surface area (Å²) in [5.74, 6) is 0.0598. The third-order valence-electron chi connectivity index (χ3n) is 2.63. The second-order valence-corrected chi connectivity index (χ2v) is 4.32. The third-order valence-corrected chi connectivity index (χ3v) is 3.01. The average Bonchev–Trinajstić information content (AvgIpc) is 2.46. The van der Waals surface area contributed by atoms with Crippen molar-refractivity contribution in [2.45, 2.75) is 6.04 Å². The van der Waals surface area contributed by atoms with Crippen LogP contribution < -0.4 is 5.32 Å². The molecule has 0 aliphatic heterocycles. The van der Waals surface area contributed by atoms with Gasteiger partial charge in [0.1, 0.15) is 5.52 Å². The fourth-order valence-electron chi connectivity index (χ4n) is 1.77. The number of carbonyl (C=O) groups excluding carboxylic acids is 1. The van der Waals surface area contributed by atoms with Crippen LogP contribution in [0.1, 0.15) is 10.4 Å². The lowest BCUT2D eigenvalue weighted by molar-refractivity contribution is 0.0908. The summed E-state index contributed by atoms with van der Waals surface area (Å²) in [5.41, 5.74) is 1.74. The maximum atomic E-state index is 12.2. The van der Waals surface area contributed by atoms with E-state index in [1.54, 1.807) is 31.6 Å². The molecule has 1 unspecified atom stereocenters. The molecule has 0 bridgehead atoms. The van der Waals surface area contributed by atoms with Crippen molar-refractivity contribution in [3.05, 3.63) is 36.2 Å². The maximum Gasteiger partial charge on any atom is 0.253 e. The molecule has 5 nitrogen and oxygen atoms in total. The number of rotatable bonds is 5. The number of fused-ring (bicyclic) bond motifs is 1. The molecule has 100 valence electrons. The van der Waals surface area contributed by atoms with Crippen LogP contribution in [0.15, 0.2) is 30.6 Å². The summed E-state index contributed by atoms with van der Waals surface area (Å²) < 4.78 is 4.99. The Hall–Kier alpha value is -1.72. The van der Waals surface area contributed by atoms with Crippen LogP contribution in [0.4, 0.5) is 0 Å². The fourth-order valence-corrected chi connectivity index (χ4v) is 1.93. The van der Waals surface area contributed by atoms with Gasteiger partial charge in [-0.3, -0.25) is 14.8 Å². The van der Waals surface area contributed by atoms with Gasteiger partial charge in [-0.2, -0.15) is 0 Å². The Morgan fingerprint density at radius 3 is 2.95 bits per heavy atom. The van der Waals surface area contributed by atoms with Crippen molar-refractivity contribution in [2.24, 2.45) is 0 Å². The first kappa shape index (κ1) is 13.7. The lowest BCUT2D eigenvalue weighted by Gasteiger charge is -2.15. The number of nitrogens with one attached hydrogen (secondary N) is 1. The number of methoxy groups -OCH3 is 1. The van der Waals surface area contributed by atoms with Crippen LogP contribution in [-0.2, 0) is 4.74 Å². The molecule has 1 heterocycles. The van der Waals surface area contributed by atoms with E-state index in [4.69, 9.17) is 16.3 Å². The number of aromatic nitrogens is 2. The summed E-state index contributed by atoms with van der Waals surface area (Å²) in [5, 5.41) is 2.81. The molecule has 1 atom stereocenters. The number of hydrogen-bond donors (Lipinski definition) is 1. The summed E-state index contributed by atoms with van der Waals surface area (Å²) in [7, 11) is 1.56. The number of amides is 1. The van der Waals surface area contributed by atoms with Gasteiger partial charge in [-0.05, 0) is 12.1 Å². The van der Waals surface area contributed by atoms with Gasteiger partial charge in [0.25, 0.3) is 5.91 Å². The minimum Gasteiger partial charge on any atom is -0.383 e. The van der Waals surface area contributed by atoms with Crippen LogP contribution in [0.25, 0.3) is 11.0 Å². The molecule has 6 heteroatoms. The smallest absolute Gasteiger partial charge is 0.253 e. The minimum absolute atomic E-state index is 0.228. The summed E-state index contributed by atoms with van der Waals surface area (Å²) >= 11 is 5.77. The zero-order chi connectivity index (χ0) is 13.7. The summed E-state index contributed by atoms with van der Waals surface area (Å²) in [4.78, 5) is 20.6. The summed E-state index contributed by atoms with van der Waals surface area (Å²) in [6.45, 7) is 0.367. The molecule has 0 aliphatic rings. The third kappa shape index (κ3) is 3.19. The molecular weight excluding hydrogens is 266 g/mol.